The fraction of sp³-hybridized carbons (Fsp3) is 0.286. The fourth-order valence-corrected chi connectivity index (χ4v) is 5.33. The van der Waals surface area contributed by atoms with Crippen LogP contribution in [0.3, 0.4) is 0 Å². The zero-order valence-electron chi connectivity index (χ0n) is 22.0. The van der Waals surface area contributed by atoms with Gasteiger partial charge in [0.25, 0.3) is 10.0 Å². The van der Waals surface area contributed by atoms with E-state index in [4.69, 9.17) is 14.2 Å². The number of anilines is 1. The Morgan fingerprint density at radius 1 is 1.03 bits per heavy atom. The molecule has 3 amide bonds. The van der Waals surface area contributed by atoms with Gasteiger partial charge in [0.15, 0.2) is 11.5 Å². The van der Waals surface area contributed by atoms with Crippen LogP contribution in [-0.2, 0) is 21.2 Å². The second-order valence-electron chi connectivity index (χ2n) is 8.95. The van der Waals surface area contributed by atoms with E-state index in [0.717, 1.165) is 11.3 Å². The summed E-state index contributed by atoms with van der Waals surface area (Å²) in [5, 5.41) is 2.57. The van der Waals surface area contributed by atoms with Crippen LogP contribution in [0.25, 0.3) is 0 Å². The molecule has 0 radical (unpaired) electrons. The predicted molar refractivity (Wildman–Crippen MR) is 146 cm³/mol. The average Bonchev–Trinajstić information content (AvgIpc) is 3.39. The molecule has 10 nitrogen and oxygen atoms in total. The third-order valence-corrected chi connectivity index (χ3v) is 7.73. The highest BCUT2D eigenvalue weighted by atomic mass is 32.2. The minimum atomic E-state index is -4.15. The number of nitrogens with zero attached hydrogens (tertiary/aromatic N) is 1. The summed E-state index contributed by atoms with van der Waals surface area (Å²) in [6, 6.07) is 16.8. The number of benzene rings is 3. The number of ether oxygens (including phenoxy) is 3. The van der Waals surface area contributed by atoms with Gasteiger partial charge in [-0.2, -0.15) is 0 Å². The van der Waals surface area contributed by atoms with Crippen LogP contribution in [0.5, 0.6) is 17.2 Å². The highest BCUT2D eigenvalue weighted by molar-refractivity contribution is 7.90. The highest BCUT2D eigenvalue weighted by Gasteiger charge is 2.28. The second-order valence-corrected chi connectivity index (χ2v) is 10.6. The lowest BCUT2D eigenvalue weighted by Gasteiger charge is -2.25. The number of fused-ring (bicyclic) bond motifs is 1. The van der Waals surface area contributed by atoms with Gasteiger partial charge < -0.3 is 24.4 Å². The molecule has 0 unspecified atom stereocenters. The maximum atomic E-state index is 13.6. The number of rotatable bonds is 10. The molecule has 3 aromatic carbocycles. The van der Waals surface area contributed by atoms with Crippen molar-refractivity contribution in [3.8, 4) is 17.2 Å². The van der Waals surface area contributed by atoms with Gasteiger partial charge in [-0.15, -0.1) is 0 Å². The third kappa shape index (κ3) is 6.80. The molecule has 0 saturated carbocycles. The number of likely N-dealkylation sites (N-methyl/N-ethyl adjacent to an activating group) is 1. The van der Waals surface area contributed by atoms with Crippen molar-refractivity contribution in [1.29, 1.82) is 0 Å². The van der Waals surface area contributed by atoms with E-state index >= 15 is 0 Å². The van der Waals surface area contributed by atoms with E-state index in [9.17, 15) is 18.0 Å². The van der Waals surface area contributed by atoms with E-state index < -0.39 is 28.0 Å². The first-order valence-corrected chi connectivity index (χ1v) is 13.9. The maximum absolute atomic E-state index is 13.6. The molecule has 0 spiro atoms. The van der Waals surface area contributed by atoms with Crippen LogP contribution < -0.4 is 29.1 Å². The summed E-state index contributed by atoms with van der Waals surface area (Å²) < 4.78 is 43.9. The van der Waals surface area contributed by atoms with Crippen molar-refractivity contribution in [2.75, 3.05) is 25.3 Å². The van der Waals surface area contributed by atoms with Crippen molar-refractivity contribution in [2.24, 2.45) is 0 Å². The van der Waals surface area contributed by atoms with Crippen LogP contribution >= 0.6 is 0 Å². The molecule has 2 N–H and O–H groups in total. The van der Waals surface area contributed by atoms with Crippen LogP contribution in [0.1, 0.15) is 24.5 Å². The number of hydrogen-bond donors (Lipinski definition) is 2. The average molecular weight is 554 g/mol. The number of carbonyl (C=O) groups excluding carboxylic acids is 2. The van der Waals surface area contributed by atoms with Gasteiger partial charge in [0, 0.05) is 18.8 Å². The van der Waals surface area contributed by atoms with Crippen LogP contribution in [-0.4, -0.2) is 46.8 Å². The molecule has 0 bridgehead atoms. The number of hydrogen-bond acceptors (Lipinski definition) is 7. The Bertz CT molecular complexity index is 1440. The molecule has 1 heterocycles. The summed E-state index contributed by atoms with van der Waals surface area (Å²) in [5.74, 6) is 1.39. The van der Waals surface area contributed by atoms with Gasteiger partial charge in [-0.25, -0.2) is 17.9 Å². The molecule has 11 heteroatoms. The third-order valence-electron chi connectivity index (χ3n) is 6.24. The van der Waals surface area contributed by atoms with Crippen LogP contribution in [0, 0.1) is 6.92 Å². The Kier molecular flexibility index (Phi) is 8.60. The van der Waals surface area contributed by atoms with Gasteiger partial charge in [-0.1, -0.05) is 30.3 Å². The lowest BCUT2D eigenvalue weighted by Crippen LogP contribution is -2.51. The summed E-state index contributed by atoms with van der Waals surface area (Å²) in [6.45, 7) is 4.18. The Morgan fingerprint density at radius 2 is 1.74 bits per heavy atom. The van der Waals surface area contributed by atoms with Gasteiger partial charge in [-0.05, 0) is 68.1 Å². The second kappa shape index (κ2) is 12.1. The summed E-state index contributed by atoms with van der Waals surface area (Å²) in [7, 11) is -2.57. The topological polar surface area (TPSA) is 123 Å². The lowest BCUT2D eigenvalue weighted by atomic mass is 10.0. The summed E-state index contributed by atoms with van der Waals surface area (Å²) >= 11 is 0. The highest BCUT2D eigenvalue weighted by Crippen LogP contribution is 2.35. The van der Waals surface area contributed by atoms with Crippen molar-refractivity contribution in [3.63, 3.8) is 0 Å². The van der Waals surface area contributed by atoms with Crippen LogP contribution in [0.2, 0.25) is 0 Å². The quantitative estimate of drug-likeness (QED) is 0.392. The zero-order valence-corrected chi connectivity index (χ0v) is 22.8. The maximum Gasteiger partial charge on any atom is 0.329 e. The summed E-state index contributed by atoms with van der Waals surface area (Å²) in [5.41, 5.74) is 1.95. The smallest absolute Gasteiger partial charge is 0.329 e. The van der Waals surface area contributed by atoms with E-state index in [0.29, 0.717) is 35.8 Å². The van der Waals surface area contributed by atoms with Gasteiger partial charge in [0.1, 0.15) is 11.8 Å². The first-order chi connectivity index (χ1) is 18.7. The lowest BCUT2D eigenvalue weighted by molar-refractivity contribution is -0.120. The molecule has 206 valence electrons. The Hall–Kier alpha value is -4.25. The molecule has 1 atom stereocenters. The van der Waals surface area contributed by atoms with E-state index in [1.54, 1.807) is 50.4 Å². The van der Waals surface area contributed by atoms with Gasteiger partial charge in [0.05, 0.1) is 11.5 Å². The molecule has 4 rings (SSSR count). The minimum absolute atomic E-state index is 0.0186. The van der Waals surface area contributed by atoms with E-state index in [1.807, 2.05) is 35.9 Å². The molecular formula is C28H31N3O7S. The van der Waals surface area contributed by atoms with Gasteiger partial charge in [0.2, 0.25) is 12.7 Å². The Balaban J connectivity index is 1.51. The number of sulfonamides is 1. The molecular weight excluding hydrogens is 522 g/mol. The molecule has 0 fully saturated rings. The summed E-state index contributed by atoms with van der Waals surface area (Å²) in [6.07, 6.45) is 0.669. The van der Waals surface area contributed by atoms with Crippen molar-refractivity contribution in [1.82, 2.24) is 10.0 Å². The molecule has 0 saturated heterocycles. The molecule has 0 aliphatic carbocycles. The van der Waals surface area contributed by atoms with Gasteiger partial charge in [-0.3, -0.25) is 4.79 Å². The Labute approximate surface area is 227 Å². The largest absolute Gasteiger partial charge is 0.494 e. The first-order valence-electron chi connectivity index (χ1n) is 12.5. The SMILES string of the molecule is CCOc1ccc(CC[C@H](NC(=O)NS(=O)(=O)c2ccccc2C)C(=O)N(C)c2ccc3c(c2)OCO3)cc1. The van der Waals surface area contributed by atoms with Gasteiger partial charge >= 0.3 is 6.03 Å². The molecule has 0 aromatic heterocycles. The number of urea groups is 1. The number of carbonyl (C=O) groups is 2. The number of amides is 3. The predicted octanol–water partition coefficient (Wildman–Crippen LogP) is 3.77. The van der Waals surface area contributed by atoms with E-state index in [1.165, 1.54) is 11.0 Å². The number of nitrogens with one attached hydrogen (secondary N) is 2. The van der Waals surface area contributed by atoms with E-state index in [-0.39, 0.29) is 18.1 Å². The monoisotopic (exact) mass is 553 g/mol. The van der Waals surface area contributed by atoms with Crippen molar-refractivity contribution < 1.29 is 32.2 Å². The van der Waals surface area contributed by atoms with Crippen molar-refractivity contribution in [3.05, 3.63) is 77.9 Å². The van der Waals surface area contributed by atoms with Crippen LogP contribution in [0.4, 0.5) is 10.5 Å². The molecule has 3 aromatic rings. The van der Waals surface area contributed by atoms with Crippen molar-refractivity contribution in [2.45, 2.75) is 37.6 Å². The van der Waals surface area contributed by atoms with Crippen LogP contribution in [0.15, 0.2) is 71.6 Å². The number of aryl methyl sites for hydroxylation is 2. The molecule has 1 aliphatic rings. The first kappa shape index (κ1) is 27.8. The Morgan fingerprint density at radius 3 is 2.46 bits per heavy atom. The zero-order chi connectivity index (χ0) is 28.0. The minimum Gasteiger partial charge on any atom is -0.494 e. The standard InChI is InChI=1S/C28H31N3O7S/c1-4-36-22-13-9-20(10-14-22)11-15-23(27(32)31(3)21-12-16-24-25(17-21)38-18-37-24)29-28(33)30-39(34,35)26-8-6-5-7-19(26)2/h5-10,12-14,16-17,23H,4,11,15,18H2,1-3H3,(H2,29,30,33)/t23-/m0/s1. The molecule has 39 heavy (non-hydrogen) atoms. The van der Waals surface area contributed by atoms with Crippen molar-refractivity contribution >= 4 is 27.6 Å². The fourth-order valence-electron chi connectivity index (χ4n) is 4.16. The van der Waals surface area contributed by atoms with E-state index in [2.05, 4.69) is 5.32 Å². The summed E-state index contributed by atoms with van der Waals surface area (Å²) in [4.78, 5) is 27.8. The molecule has 1 aliphatic heterocycles. The normalized spacial score (nSPS) is 12.9.